The van der Waals surface area contributed by atoms with Crippen LogP contribution in [0.3, 0.4) is 0 Å². The van der Waals surface area contributed by atoms with Crippen LogP contribution in [0.4, 0.5) is 0 Å². The Balaban J connectivity index is 2.17. The lowest BCUT2D eigenvalue weighted by atomic mass is 9.66. The van der Waals surface area contributed by atoms with Crippen molar-refractivity contribution in [2.45, 2.75) is 58.9 Å². The standard InChI is InChI=1S/C15H24N2O2/c1-3-12-6-5-7-15(8-12,14(18)19)9-13-10-16-17(4-2)11-13/h10-12H,3-9H2,1-2H3,(H,18,19). The molecule has 2 unspecified atom stereocenters. The minimum Gasteiger partial charge on any atom is -0.481 e. The van der Waals surface area contributed by atoms with Crippen molar-refractivity contribution in [3.05, 3.63) is 18.0 Å². The van der Waals surface area contributed by atoms with Crippen molar-refractivity contribution in [3.63, 3.8) is 0 Å². The van der Waals surface area contributed by atoms with Crippen LogP contribution in [-0.2, 0) is 17.8 Å². The third kappa shape index (κ3) is 2.99. The van der Waals surface area contributed by atoms with E-state index in [-0.39, 0.29) is 0 Å². The number of hydrogen-bond donors (Lipinski definition) is 1. The predicted octanol–water partition coefficient (Wildman–Crippen LogP) is 3.12. The van der Waals surface area contributed by atoms with Crippen LogP contribution in [0, 0.1) is 11.3 Å². The van der Waals surface area contributed by atoms with Crippen LogP contribution < -0.4 is 0 Å². The Bertz CT molecular complexity index is 441. The molecule has 1 heterocycles. The summed E-state index contributed by atoms with van der Waals surface area (Å²) >= 11 is 0. The summed E-state index contributed by atoms with van der Waals surface area (Å²) in [5, 5.41) is 14.0. The first-order valence-corrected chi connectivity index (χ1v) is 7.34. The molecule has 4 heteroatoms. The van der Waals surface area contributed by atoms with Crippen molar-refractivity contribution < 1.29 is 9.90 Å². The average molecular weight is 264 g/mol. The zero-order valence-electron chi connectivity index (χ0n) is 11.9. The fraction of sp³-hybridized carbons (Fsp3) is 0.733. The summed E-state index contributed by atoms with van der Waals surface area (Å²) < 4.78 is 1.87. The van der Waals surface area contributed by atoms with Gasteiger partial charge in [-0.25, -0.2) is 0 Å². The highest BCUT2D eigenvalue weighted by Crippen LogP contribution is 2.43. The maximum Gasteiger partial charge on any atom is 0.309 e. The van der Waals surface area contributed by atoms with Crippen LogP contribution in [0.5, 0.6) is 0 Å². The van der Waals surface area contributed by atoms with Crippen LogP contribution in [-0.4, -0.2) is 20.9 Å². The highest BCUT2D eigenvalue weighted by molar-refractivity contribution is 5.75. The van der Waals surface area contributed by atoms with Crippen molar-refractivity contribution in [1.29, 1.82) is 0 Å². The van der Waals surface area contributed by atoms with Crippen LogP contribution in [0.1, 0.15) is 51.5 Å². The first-order chi connectivity index (χ1) is 9.09. The highest BCUT2D eigenvalue weighted by atomic mass is 16.4. The van der Waals surface area contributed by atoms with Gasteiger partial charge >= 0.3 is 5.97 Å². The van der Waals surface area contributed by atoms with Crippen LogP contribution >= 0.6 is 0 Å². The number of aryl methyl sites for hydroxylation is 1. The van der Waals surface area contributed by atoms with E-state index in [9.17, 15) is 9.90 Å². The third-order valence-electron chi connectivity index (χ3n) is 4.53. The normalized spacial score (nSPS) is 27.4. The monoisotopic (exact) mass is 264 g/mol. The molecule has 106 valence electrons. The van der Waals surface area contributed by atoms with E-state index < -0.39 is 11.4 Å². The van der Waals surface area contributed by atoms with Gasteiger partial charge in [0.15, 0.2) is 0 Å². The molecule has 0 spiro atoms. The van der Waals surface area contributed by atoms with Crippen LogP contribution in [0.15, 0.2) is 12.4 Å². The maximum atomic E-state index is 11.8. The fourth-order valence-corrected chi connectivity index (χ4v) is 3.33. The second-order valence-corrected chi connectivity index (χ2v) is 5.84. The molecular formula is C15H24N2O2. The summed E-state index contributed by atoms with van der Waals surface area (Å²) in [6.07, 6.45) is 9.35. The summed E-state index contributed by atoms with van der Waals surface area (Å²) in [6, 6.07) is 0. The van der Waals surface area contributed by atoms with Gasteiger partial charge in [-0.1, -0.05) is 26.2 Å². The molecule has 1 aromatic rings. The number of hydrogen-bond acceptors (Lipinski definition) is 2. The molecule has 1 aliphatic carbocycles. The molecule has 19 heavy (non-hydrogen) atoms. The number of aliphatic carboxylic acids is 1. The fourth-order valence-electron chi connectivity index (χ4n) is 3.33. The second-order valence-electron chi connectivity index (χ2n) is 5.84. The molecular weight excluding hydrogens is 240 g/mol. The van der Waals surface area contributed by atoms with Crippen molar-refractivity contribution in [1.82, 2.24) is 9.78 Å². The molecule has 2 atom stereocenters. The lowest BCUT2D eigenvalue weighted by molar-refractivity contribution is -0.152. The molecule has 1 aromatic heterocycles. The van der Waals surface area contributed by atoms with Gasteiger partial charge in [0.05, 0.1) is 11.6 Å². The van der Waals surface area contributed by atoms with Crippen molar-refractivity contribution >= 4 is 5.97 Å². The average Bonchev–Trinajstić information content (AvgIpc) is 2.86. The Labute approximate surface area is 114 Å². The van der Waals surface area contributed by atoms with Gasteiger partial charge in [0.1, 0.15) is 0 Å². The van der Waals surface area contributed by atoms with Crippen LogP contribution in [0.25, 0.3) is 0 Å². The SMILES string of the molecule is CCC1CCCC(Cc2cnn(CC)c2)(C(=O)O)C1. The van der Waals surface area contributed by atoms with Gasteiger partial charge < -0.3 is 5.11 Å². The van der Waals surface area contributed by atoms with Crippen molar-refractivity contribution in [3.8, 4) is 0 Å². The Hall–Kier alpha value is -1.32. The summed E-state index contributed by atoms with van der Waals surface area (Å²) in [4.78, 5) is 11.8. The van der Waals surface area contributed by atoms with E-state index in [1.54, 1.807) is 0 Å². The van der Waals surface area contributed by atoms with Crippen molar-refractivity contribution in [2.75, 3.05) is 0 Å². The lowest BCUT2D eigenvalue weighted by Gasteiger charge is -2.37. The van der Waals surface area contributed by atoms with Gasteiger partial charge in [-0.3, -0.25) is 9.48 Å². The topological polar surface area (TPSA) is 55.1 Å². The van der Waals surface area contributed by atoms with E-state index in [0.29, 0.717) is 12.3 Å². The molecule has 2 rings (SSSR count). The molecule has 0 saturated heterocycles. The van der Waals surface area contributed by atoms with Gasteiger partial charge in [-0.15, -0.1) is 0 Å². The first kappa shape index (κ1) is 14.1. The van der Waals surface area contributed by atoms with E-state index in [0.717, 1.165) is 37.8 Å². The molecule has 1 aliphatic rings. The molecule has 4 nitrogen and oxygen atoms in total. The lowest BCUT2D eigenvalue weighted by Crippen LogP contribution is -2.38. The smallest absolute Gasteiger partial charge is 0.309 e. The Morgan fingerprint density at radius 3 is 2.95 bits per heavy atom. The Morgan fingerprint density at radius 1 is 1.58 bits per heavy atom. The minimum absolute atomic E-state index is 0.561. The van der Waals surface area contributed by atoms with Gasteiger partial charge in [0.25, 0.3) is 0 Å². The number of rotatable bonds is 5. The Morgan fingerprint density at radius 2 is 2.37 bits per heavy atom. The summed E-state index contributed by atoms with van der Waals surface area (Å²) in [5.74, 6) is -0.0685. The zero-order valence-corrected chi connectivity index (χ0v) is 11.9. The van der Waals surface area contributed by atoms with Gasteiger partial charge in [-0.05, 0) is 37.7 Å². The van der Waals surface area contributed by atoms with E-state index in [1.165, 1.54) is 6.42 Å². The van der Waals surface area contributed by atoms with Gasteiger partial charge in [-0.2, -0.15) is 5.10 Å². The van der Waals surface area contributed by atoms with E-state index in [2.05, 4.69) is 12.0 Å². The predicted molar refractivity (Wildman–Crippen MR) is 73.9 cm³/mol. The molecule has 0 aliphatic heterocycles. The van der Waals surface area contributed by atoms with Gasteiger partial charge in [0.2, 0.25) is 0 Å². The molecule has 1 fully saturated rings. The summed E-state index contributed by atoms with van der Waals surface area (Å²) in [6.45, 7) is 5.03. The molecule has 0 bridgehead atoms. The minimum atomic E-state index is -0.630. The summed E-state index contributed by atoms with van der Waals surface area (Å²) in [5.41, 5.74) is 0.488. The maximum absolute atomic E-state index is 11.8. The molecule has 1 saturated carbocycles. The van der Waals surface area contributed by atoms with Crippen molar-refractivity contribution in [2.24, 2.45) is 11.3 Å². The highest BCUT2D eigenvalue weighted by Gasteiger charge is 2.42. The van der Waals surface area contributed by atoms with Crippen LogP contribution in [0.2, 0.25) is 0 Å². The molecule has 1 N–H and O–H groups in total. The van der Waals surface area contributed by atoms with E-state index in [4.69, 9.17) is 0 Å². The number of nitrogens with zero attached hydrogens (tertiary/aromatic N) is 2. The molecule has 0 radical (unpaired) electrons. The largest absolute Gasteiger partial charge is 0.481 e. The third-order valence-corrected chi connectivity index (χ3v) is 4.53. The van der Waals surface area contributed by atoms with Gasteiger partial charge in [0, 0.05) is 12.7 Å². The second kappa shape index (κ2) is 5.76. The number of carboxylic acids is 1. The number of carboxylic acid groups (broad SMARTS) is 1. The molecule has 0 amide bonds. The Kier molecular flexibility index (Phi) is 4.27. The number of carbonyl (C=O) groups is 1. The van der Waals surface area contributed by atoms with E-state index in [1.807, 2.05) is 24.0 Å². The summed E-state index contributed by atoms with van der Waals surface area (Å²) in [7, 11) is 0. The zero-order chi connectivity index (χ0) is 13.9. The quantitative estimate of drug-likeness (QED) is 0.889. The van der Waals surface area contributed by atoms with E-state index >= 15 is 0 Å². The number of aromatic nitrogens is 2. The first-order valence-electron chi connectivity index (χ1n) is 7.34. The molecule has 0 aromatic carbocycles.